The van der Waals surface area contributed by atoms with Gasteiger partial charge in [-0.3, -0.25) is 0 Å². The van der Waals surface area contributed by atoms with Crippen LogP contribution in [0.2, 0.25) is 5.02 Å². The van der Waals surface area contributed by atoms with Gasteiger partial charge in [0.2, 0.25) is 0 Å². The summed E-state index contributed by atoms with van der Waals surface area (Å²) in [5.74, 6) is 0.808. The van der Waals surface area contributed by atoms with Crippen molar-refractivity contribution < 1.29 is 4.74 Å². The first-order chi connectivity index (χ1) is 9.86. The fourth-order valence-electron chi connectivity index (χ4n) is 2.43. The van der Waals surface area contributed by atoms with E-state index in [4.69, 9.17) is 22.1 Å². The summed E-state index contributed by atoms with van der Waals surface area (Å²) < 4.78 is 7.51. The summed E-state index contributed by atoms with van der Waals surface area (Å²) in [6, 6.07) is 7.41. The van der Waals surface area contributed by atoms with Gasteiger partial charge in [-0.25, -0.2) is 0 Å². The van der Waals surface area contributed by atoms with Crippen molar-refractivity contribution in [2.45, 2.75) is 19.9 Å². The molecular formula is C16H16Br2ClNO. The van der Waals surface area contributed by atoms with E-state index in [0.29, 0.717) is 5.02 Å². The molecule has 21 heavy (non-hydrogen) atoms. The first-order valence-corrected chi connectivity index (χ1v) is 8.37. The molecule has 0 saturated heterocycles. The van der Waals surface area contributed by atoms with Crippen molar-refractivity contribution in [3.05, 3.63) is 60.5 Å². The van der Waals surface area contributed by atoms with Gasteiger partial charge in [0.05, 0.1) is 13.2 Å². The fraction of sp³-hybridized carbons (Fsp3) is 0.250. The highest BCUT2D eigenvalue weighted by molar-refractivity contribution is 9.10. The number of methoxy groups -OCH3 is 1. The smallest absolute Gasteiger partial charge is 0.127 e. The van der Waals surface area contributed by atoms with Crippen LogP contribution in [-0.4, -0.2) is 7.11 Å². The maximum atomic E-state index is 6.48. The molecule has 0 aliphatic carbocycles. The number of rotatable bonds is 3. The van der Waals surface area contributed by atoms with E-state index in [-0.39, 0.29) is 6.04 Å². The molecule has 2 N–H and O–H groups in total. The molecule has 0 spiro atoms. The molecule has 112 valence electrons. The SMILES string of the molecule is COc1c(C)cc(Br)c(C)c1C(N)c1ccc(Br)cc1Cl. The average molecular weight is 434 g/mol. The lowest BCUT2D eigenvalue weighted by molar-refractivity contribution is 0.404. The summed E-state index contributed by atoms with van der Waals surface area (Å²) in [5, 5.41) is 0.635. The molecule has 2 aromatic carbocycles. The van der Waals surface area contributed by atoms with Crippen LogP contribution in [0.25, 0.3) is 0 Å². The summed E-state index contributed by atoms with van der Waals surface area (Å²) >= 11 is 13.3. The molecule has 0 aliphatic heterocycles. The van der Waals surface area contributed by atoms with Gasteiger partial charge in [0, 0.05) is 19.5 Å². The summed E-state index contributed by atoms with van der Waals surface area (Å²) in [6.07, 6.45) is 0. The molecule has 2 aromatic rings. The Hall–Kier alpha value is -0.550. The minimum absolute atomic E-state index is 0.350. The minimum atomic E-state index is -0.350. The Morgan fingerprint density at radius 1 is 1.19 bits per heavy atom. The Bertz CT molecular complexity index is 688. The normalized spacial score (nSPS) is 12.3. The van der Waals surface area contributed by atoms with Crippen molar-refractivity contribution in [3.8, 4) is 5.75 Å². The van der Waals surface area contributed by atoms with Gasteiger partial charge in [-0.15, -0.1) is 0 Å². The maximum Gasteiger partial charge on any atom is 0.127 e. The summed E-state index contributed by atoms with van der Waals surface area (Å²) in [6.45, 7) is 4.02. The van der Waals surface area contributed by atoms with Crippen LogP contribution in [0.3, 0.4) is 0 Å². The summed E-state index contributed by atoms with van der Waals surface area (Å²) in [7, 11) is 1.66. The van der Waals surface area contributed by atoms with Crippen LogP contribution >= 0.6 is 43.5 Å². The Kier molecular flexibility index (Phi) is 5.36. The van der Waals surface area contributed by atoms with Crippen molar-refractivity contribution in [3.63, 3.8) is 0 Å². The van der Waals surface area contributed by atoms with Gasteiger partial charge >= 0.3 is 0 Å². The third-order valence-electron chi connectivity index (χ3n) is 3.52. The molecule has 2 nitrogen and oxygen atoms in total. The number of halogens is 3. The van der Waals surface area contributed by atoms with Gasteiger partial charge in [0.15, 0.2) is 0 Å². The van der Waals surface area contributed by atoms with Crippen molar-refractivity contribution >= 4 is 43.5 Å². The fourth-order valence-corrected chi connectivity index (χ4v) is 3.78. The van der Waals surface area contributed by atoms with Gasteiger partial charge in [-0.2, -0.15) is 0 Å². The van der Waals surface area contributed by atoms with Crippen LogP contribution in [0.1, 0.15) is 28.3 Å². The third-order valence-corrected chi connectivity index (χ3v) is 5.17. The van der Waals surface area contributed by atoms with Gasteiger partial charge in [-0.05, 0) is 48.7 Å². The molecule has 1 atom stereocenters. The van der Waals surface area contributed by atoms with E-state index in [0.717, 1.165) is 36.9 Å². The second-order valence-corrected chi connectivity index (χ2v) is 7.07. The van der Waals surface area contributed by atoms with E-state index >= 15 is 0 Å². The molecule has 0 aliphatic rings. The van der Waals surface area contributed by atoms with Gasteiger partial charge < -0.3 is 10.5 Å². The average Bonchev–Trinajstić information content (AvgIpc) is 2.41. The van der Waals surface area contributed by atoms with E-state index in [2.05, 4.69) is 31.9 Å². The molecule has 5 heteroatoms. The van der Waals surface area contributed by atoms with Gasteiger partial charge in [0.25, 0.3) is 0 Å². The topological polar surface area (TPSA) is 35.2 Å². The lowest BCUT2D eigenvalue weighted by atomic mass is 9.93. The van der Waals surface area contributed by atoms with Gasteiger partial charge in [-0.1, -0.05) is 49.5 Å². The van der Waals surface area contributed by atoms with E-state index in [1.807, 2.05) is 38.1 Å². The molecule has 0 radical (unpaired) electrons. The van der Waals surface area contributed by atoms with Crippen LogP contribution in [0.5, 0.6) is 5.75 Å². The zero-order valence-corrected chi connectivity index (χ0v) is 15.9. The van der Waals surface area contributed by atoms with Crippen LogP contribution in [0.15, 0.2) is 33.2 Å². The Balaban J connectivity index is 2.65. The van der Waals surface area contributed by atoms with Crippen molar-refractivity contribution in [1.29, 1.82) is 0 Å². The Morgan fingerprint density at radius 2 is 1.86 bits per heavy atom. The number of aryl methyl sites for hydroxylation is 1. The standard InChI is InChI=1S/C16H16Br2ClNO/c1-8-6-12(18)9(2)14(16(8)21-3)15(20)11-5-4-10(17)7-13(11)19/h4-7,15H,20H2,1-3H3. The predicted molar refractivity (Wildman–Crippen MR) is 95.4 cm³/mol. The molecule has 0 fully saturated rings. The Morgan fingerprint density at radius 3 is 2.43 bits per heavy atom. The molecule has 0 heterocycles. The summed E-state index contributed by atoms with van der Waals surface area (Å²) in [5.41, 5.74) is 10.4. The first-order valence-electron chi connectivity index (χ1n) is 6.41. The molecule has 0 bridgehead atoms. The largest absolute Gasteiger partial charge is 0.496 e. The molecule has 2 rings (SSSR count). The number of benzene rings is 2. The lowest BCUT2D eigenvalue weighted by Crippen LogP contribution is -2.16. The van der Waals surface area contributed by atoms with Crippen molar-refractivity contribution in [2.75, 3.05) is 7.11 Å². The molecule has 0 aromatic heterocycles. The highest BCUT2D eigenvalue weighted by Crippen LogP contribution is 2.39. The molecular weight excluding hydrogens is 417 g/mol. The number of nitrogens with two attached hydrogens (primary N) is 1. The van der Waals surface area contributed by atoms with Crippen LogP contribution in [0.4, 0.5) is 0 Å². The number of hydrogen-bond donors (Lipinski definition) is 1. The van der Waals surface area contributed by atoms with Crippen LogP contribution in [-0.2, 0) is 0 Å². The Labute approximate surface area is 146 Å². The number of ether oxygens (including phenoxy) is 1. The van der Waals surface area contributed by atoms with E-state index in [9.17, 15) is 0 Å². The molecule has 1 unspecified atom stereocenters. The van der Waals surface area contributed by atoms with E-state index < -0.39 is 0 Å². The van der Waals surface area contributed by atoms with E-state index in [1.165, 1.54) is 0 Å². The third kappa shape index (κ3) is 3.29. The van der Waals surface area contributed by atoms with Crippen molar-refractivity contribution in [1.82, 2.24) is 0 Å². The van der Waals surface area contributed by atoms with Crippen molar-refractivity contribution in [2.24, 2.45) is 5.73 Å². The zero-order valence-electron chi connectivity index (χ0n) is 12.0. The molecule has 0 amide bonds. The second-order valence-electron chi connectivity index (χ2n) is 4.89. The highest BCUT2D eigenvalue weighted by Gasteiger charge is 2.22. The first kappa shape index (κ1) is 16.8. The lowest BCUT2D eigenvalue weighted by Gasteiger charge is -2.22. The maximum absolute atomic E-state index is 6.48. The summed E-state index contributed by atoms with van der Waals surface area (Å²) in [4.78, 5) is 0. The monoisotopic (exact) mass is 431 g/mol. The quantitative estimate of drug-likeness (QED) is 0.690. The zero-order chi connectivity index (χ0) is 15.7. The second kappa shape index (κ2) is 6.69. The van der Waals surface area contributed by atoms with Crippen LogP contribution in [0, 0.1) is 13.8 Å². The molecule has 0 saturated carbocycles. The number of hydrogen-bond acceptors (Lipinski definition) is 2. The van der Waals surface area contributed by atoms with Gasteiger partial charge in [0.1, 0.15) is 5.75 Å². The minimum Gasteiger partial charge on any atom is -0.496 e. The predicted octanol–water partition coefficient (Wildman–Crippen LogP) is 5.54. The van der Waals surface area contributed by atoms with E-state index in [1.54, 1.807) is 7.11 Å². The highest BCUT2D eigenvalue weighted by atomic mass is 79.9. The van der Waals surface area contributed by atoms with Crippen LogP contribution < -0.4 is 10.5 Å².